The third kappa shape index (κ3) is 3.87. The highest BCUT2D eigenvalue weighted by Gasteiger charge is 2.12. The standard InChI is InChI=1S/C14H17N3OS/c1-2-11-9-16-14(19-11)17-13(18)8-12(15)10-6-4-3-5-7-10/h3-7,9,12H,2,8,15H2,1H3,(H,16,17,18). The van der Waals surface area contributed by atoms with Gasteiger partial charge in [0, 0.05) is 23.5 Å². The molecule has 4 nitrogen and oxygen atoms in total. The molecule has 3 N–H and O–H groups in total. The van der Waals surface area contributed by atoms with E-state index in [4.69, 9.17) is 5.73 Å². The second-order valence-electron chi connectivity index (χ2n) is 4.25. The van der Waals surface area contributed by atoms with E-state index in [1.54, 1.807) is 6.20 Å². The smallest absolute Gasteiger partial charge is 0.228 e. The van der Waals surface area contributed by atoms with E-state index in [1.165, 1.54) is 11.3 Å². The highest BCUT2D eigenvalue weighted by atomic mass is 32.1. The number of aryl methyl sites for hydroxylation is 1. The fraction of sp³-hybridized carbons (Fsp3) is 0.286. The van der Waals surface area contributed by atoms with Crippen LogP contribution in [0.1, 0.15) is 29.8 Å². The van der Waals surface area contributed by atoms with Gasteiger partial charge in [0.1, 0.15) is 0 Å². The Morgan fingerprint density at radius 3 is 2.79 bits per heavy atom. The van der Waals surface area contributed by atoms with Gasteiger partial charge in [-0.05, 0) is 12.0 Å². The molecular formula is C14H17N3OS. The summed E-state index contributed by atoms with van der Waals surface area (Å²) in [6, 6.07) is 9.33. The fourth-order valence-electron chi connectivity index (χ4n) is 1.72. The lowest BCUT2D eigenvalue weighted by atomic mass is 10.0. The van der Waals surface area contributed by atoms with Gasteiger partial charge in [-0.2, -0.15) is 0 Å². The summed E-state index contributed by atoms with van der Waals surface area (Å²) in [5.74, 6) is -0.103. The number of thiazole rings is 1. The van der Waals surface area contributed by atoms with Crippen LogP contribution in [0.2, 0.25) is 0 Å². The third-order valence-electron chi connectivity index (χ3n) is 2.78. The number of nitrogens with two attached hydrogens (primary N) is 1. The topological polar surface area (TPSA) is 68.0 Å². The summed E-state index contributed by atoms with van der Waals surface area (Å²) < 4.78 is 0. The molecule has 0 spiro atoms. The molecule has 1 unspecified atom stereocenters. The van der Waals surface area contributed by atoms with Crippen molar-refractivity contribution >= 4 is 22.4 Å². The van der Waals surface area contributed by atoms with E-state index in [2.05, 4.69) is 17.2 Å². The predicted octanol–water partition coefficient (Wildman–Crippen LogP) is 2.73. The van der Waals surface area contributed by atoms with Gasteiger partial charge in [0.25, 0.3) is 0 Å². The Morgan fingerprint density at radius 1 is 1.42 bits per heavy atom. The summed E-state index contributed by atoms with van der Waals surface area (Å²) in [5.41, 5.74) is 6.97. The van der Waals surface area contributed by atoms with Gasteiger partial charge < -0.3 is 11.1 Å². The minimum Gasteiger partial charge on any atom is -0.324 e. The highest BCUT2D eigenvalue weighted by molar-refractivity contribution is 7.15. The molecule has 2 aromatic rings. The Bertz CT molecular complexity index is 539. The van der Waals surface area contributed by atoms with Crippen molar-refractivity contribution in [3.63, 3.8) is 0 Å². The molecule has 1 heterocycles. The maximum Gasteiger partial charge on any atom is 0.228 e. The summed E-state index contributed by atoms with van der Waals surface area (Å²) in [5, 5.41) is 3.43. The summed E-state index contributed by atoms with van der Waals surface area (Å²) in [7, 11) is 0. The Kier molecular flexibility index (Phi) is 4.65. The van der Waals surface area contributed by atoms with E-state index in [0.29, 0.717) is 5.13 Å². The third-order valence-corrected chi connectivity index (χ3v) is 3.84. The molecule has 0 radical (unpaired) electrons. The Labute approximate surface area is 116 Å². The van der Waals surface area contributed by atoms with E-state index in [1.807, 2.05) is 30.3 Å². The monoisotopic (exact) mass is 275 g/mol. The number of nitrogens with one attached hydrogen (secondary N) is 1. The largest absolute Gasteiger partial charge is 0.324 e. The van der Waals surface area contributed by atoms with Gasteiger partial charge in [-0.1, -0.05) is 37.3 Å². The van der Waals surface area contributed by atoms with Crippen LogP contribution >= 0.6 is 11.3 Å². The number of anilines is 1. The second kappa shape index (κ2) is 6.45. The van der Waals surface area contributed by atoms with Crippen molar-refractivity contribution in [1.29, 1.82) is 0 Å². The molecule has 0 saturated heterocycles. The first-order valence-electron chi connectivity index (χ1n) is 6.24. The van der Waals surface area contributed by atoms with E-state index < -0.39 is 0 Å². The molecule has 1 atom stereocenters. The zero-order chi connectivity index (χ0) is 13.7. The van der Waals surface area contributed by atoms with Crippen molar-refractivity contribution < 1.29 is 4.79 Å². The van der Waals surface area contributed by atoms with Crippen LogP contribution in [0.3, 0.4) is 0 Å². The number of nitrogens with zero attached hydrogens (tertiary/aromatic N) is 1. The normalized spacial score (nSPS) is 12.1. The SMILES string of the molecule is CCc1cnc(NC(=O)CC(N)c2ccccc2)s1. The predicted molar refractivity (Wildman–Crippen MR) is 78.1 cm³/mol. The average molecular weight is 275 g/mol. The van der Waals surface area contributed by atoms with Crippen LogP contribution in [0, 0.1) is 0 Å². The average Bonchev–Trinajstić information content (AvgIpc) is 2.87. The van der Waals surface area contributed by atoms with Crippen molar-refractivity contribution in [2.24, 2.45) is 5.73 Å². The molecule has 19 heavy (non-hydrogen) atoms. The Hall–Kier alpha value is -1.72. The quantitative estimate of drug-likeness (QED) is 0.881. The maximum atomic E-state index is 11.9. The van der Waals surface area contributed by atoms with Crippen LogP contribution in [-0.2, 0) is 11.2 Å². The van der Waals surface area contributed by atoms with Crippen molar-refractivity contribution in [3.05, 3.63) is 47.0 Å². The van der Waals surface area contributed by atoms with Crippen LogP contribution in [0.15, 0.2) is 36.5 Å². The first kappa shape index (κ1) is 13.7. The lowest BCUT2D eigenvalue weighted by molar-refractivity contribution is -0.116. The van der Waals surface area contributed by atoms with E-state index >= 15 is 0 Å². The fourth-order valence-corrected chi connectivity index (χ4v) is 2.49. The summed E-state index contributed by atoms with van der Waals surface area (Å²) in [4.78, 5) is 17.2. The first-order chi connectivity index (χ1) is 9.19. The first-order valence-corrected chi connectivity index (χ1v) is 7.05. The van der Waals surface area contributed by atoms with Crippen molar-refractivity contribution in [2.75, 3.05) is 5.32 Å². The van der Waals surface area contributed by atoms with E-state index in [-0.39, 0.29) is 18.4 Å². The zero-order valence-electron chi connectivity index (χ0n) is 10.8. The summed E-state index contributed by atoms with van der Waals surface area (Å²) in [6.45, 7) is 2.06. The van der Waals surface area contributed by atoms with Crippen LogP contribution in [-0.4, -0.2) is 10.9 Å². The molecule has 0 aliphatic rings. The molecule has 0 aliphatic heterocycles. The van der Waals surface area contributed by atoms with Gasteiger partial charge >= 0.3 is 0 Å². The molecule has 0 saturated carbocycles. The van der Waals surface area contributed by atoms with Crippen LogP contribution < -0.4 is 11.1 Å². The molecule has 0 bridgehead atoms. The van der Waals surface area contributed by atoms with Crippen LogP contribution in [0.25, 0.3) is 0 Å². The highest BCUT2D eigenvalue weighted by Crippen LogP contribution is 2.20. The molecule has 1 aromatic carbocycles. The molecule has 1 amide bonds. The Balaban J connectivity index is 1.91. The summed E-state index contributed by atoms with van der Waals surface area (Å²) >= 11 is 1.50. The van der Waals surface area contributed by atoms with Gasteiger partial charge in [0.15, 0.2) is 5.13 Å². The molecular weight excluding hydrogens is 258 g/mol. The van der Waals surface area contributed by atoms with Crippen LogP contribution in [0.5, 0.6) is 0 Å². The van der Waals surface area contributed by atoms with Gasteiger partial charge in [0.05, 0.1) is 0 Å². The maximum absolute atomic E-state index is 11.9. The number of rotatable bonds is 5. The molecule has 0 aliphatic carbocycles. The molecule has 5 heteroatoms. The van der Waals surface area contributed by atoms with Gasteiger partial charge in [-0.15, -0.1) is 11.3 Å². The number of hydrogen-bond acceptors (Lipinski definition) is 4. The number of aromatic nitrogens is 1. The van der Waals surface area contributed by atoms with Gasteiger partial charge in [-0.3, -0.25) is 4.79 Å². The van der Waals surface area contributed by atoms with E-state index in [0.717, 1.165) is 16.9 Å². The van der Waals surface area contributed by atoms with Crippen LogP contribution in [0.4, 0.5) is 5.13 Å². The lowest BCUT2D eigenvalue weighted by Crippen LogP contribution is -2.20. The zero-order valence-corrected chi connectivity index (χ0v) is 11.6. The lowest BCUT2D eigenvalue weighted by Gasteiger charge is -2.10. The molecule has 1 aromatic heterocycles. The minimum absolute atomic E-state index is 0.103. The number of amides is 1. The minimum atomic E-state index is -0.285. The van der Waals surface area contributed by atoms with Gasteiger partial charge in [0.2, 0.25) is 5.91 Å². The molecule has 2 rings (SSSR count). The van der Waals surface area contributed by atoms with E-state index in [9.17, 15) is 4.79 Å². The number of carbonyl (C=O) groups excluding carboxylic acids is 1. The Morgan fingerprint density at radius 2 is 2.16 bits per heavy atom. The number of hydrogen-bond donors (Lipinski definition) is 2. The van der Waals surface area contributed by atoms with Crippen molar-refractivity contribution in [1.82, 2.24) is 4.98 Å². The number of carbonyl (C=O) groups is 1. The molecule has 0 fully saturated rings. The molecule has 100 valence electrons. The number of benzene rings is 1. The van der Waals surface area contributed by atoms with Crippen molar-refractivity contribution in [2.45, 2.75) is 25.8 Å². The van der Waals surface area contributed by atoms with Gasteiger partial charge in [-0.25, -0.2) is 4.98 Å². The summed E-state index contributed by atoms with van der Waals surface area (Å²) in [6.07, 6.45) is 2.97. The van der Waals surface area contributed by atoms with Crippen molar-refractivity contribution in [3.8, 4) is 0 Å². The second-order valence-corrected chi connectivity index (χ2v) is 5.37.